The van der Waals surface area contributed by atoms with Crippen LogP contribution in [-0.4, -0.2) is 19.1 Å². The molecular formula is C16H19FN2O. The molecule has 1 atom stereocenters. The maximum Gasteiger partial charge on any atom is 0.125 e. The van der Waals surface area contributed by atoms with Crippen molar-refractivity contribution in [2.45, 2.75) is 25.9 Å². The van der Waals surface area contributed by atoms with E-state index in [0.717, 1.165) is 37.5 Å². The summed E-state index contributed by atoms with van der Waals surface area (Å²) in [5.41, 5.74) is 2.28. The molecule has 0 aliphatic carbocycles. The molecule has 0 fully saturated rings. The molecule has 2 aromatic rings. The Labute approximate surface area is 118 Å². The maximum absolute atomic E-state index is 13.4. The highest BCUT2D eigenvalue weighted by Crippen LogP contribution is 2.30. The van der Waals surface area contributed by atoms with Crippen molar-refractivity contribution < 1.29 is 8.81 Å². The lowest BCUT2D eigenvalue weighted by atomic mass is 10.1. The van der Waals surface area contributed by atoms with E-state index in [-0.39, 0.29) is 5.82 Å². The van der Waals surface area contributed by atoms with Crippen LogP contribution in [0.3, 0.4) is 0 Å². The summed E-state index contributed by atoms with van der Waals surface area (Å²) >= 11 is 0. The zero-order chi connectivity index (χ0) is 13.9. The molecule has 1 aromatic carbocycles. The number of hydrogen-bond donors (Lipinski definition) is 1. The maximum atomic E-state index is 13.4. The largest absolute Gasteiger partial charge is 0.468 e. The van der Waals surface area contributed by atoms with Crippen LogP contribution < -0.4 is 10.2 Å². The van der Waals surface area contributed by atoms with Gasteiger partial charge in [-0.2, -0.15) is 0 Å². The second kappa shape index (κ2) is 5.67. The number of anilines is 1. The summed E-state index contributed by atoms with van der Waals surface area (Å²) in [6.45, 7) is 4.69. The van der Waals surface area contributed by atoms with Gasteiger partial charge in [0.25, 0.3) is 0 Å². The van der Waals surface area contributed by atoms with Gasteiger partial charge >= 0.3 is 0 Å². The molecule has 106 valence electrons. The van der Waals surface area contributed by atoms with Gasteiger partial charge in [-0.1, -0.05) is 6.07 Å². The summed E-state index contributed by atoms with van der Waals surface area (Å²) in [7, 11) is 0. The molecule has 0 saturated heterocycles. The van der Waals surface area contributed by atoms with Gasteiger partial charge in [-0.3, -0.25) is 0 Å². The summed E-state index contributed by atoms with van der Waals surface area (Å²) in [6, 6.07) is 9.26. The molecule has 1 unspecified atom stereocenters. The topological polar surface area (TPSA) is 28.4 Å². The lowest BCUT2D eigenvalue weighted by Gasteiger charge is -2.27. The van der Waals surface area contributed by atoms with Crippen molar-refractivity contribution in [3.8, 4) is 0 Å². The zero-order valence-electron chi connectivity index (χ0n) is 11.6. The second-order valence-corrected chi connectivity index (χ2v) is 5.28. The SMILES string of the molecule is CC(CNCc1ccco1)N1CCc2ccc(F)cc21. The highest BCUT2D eigenvalue weighted by atomic mass is 19.1. The molecule has 3 nitrogen and oxygen atoms in total. The van der Waals surface area contributed by atoms with Crippen molar-refractivity contribution in [1.82, 2.24) is 5.32 Å². The van der Waals surface area contributed by atoms with Crippen LogP contribution in [0.2, 0.25) is 0 Å². The highest BCUT2D eigenvalue weighted by molar-refractivity contribution is 5.58. The van der Waals surface area contributed by atoms with Gasteiger partial charge in [0.2, 0.25) is 0 Å². The summed E-state index contributed by atoms with van der Waals surface area (Å²) in [5, 5.41) is 3.38. The van der Waals surface area contributed by atoms with Crippen LogP contribution in [0.5, 0.6) is 0 Å². The van der Waals surface area contributed by atoms with E-state index in [9.17, 15) is 4.39 Å². The van der Waals surface area contributed by atoms with Crippen molar-refractivity contribution in [1.29, 1.82) is 0 Å². The zero-order valence-corrected chi connectivity index (χ0v) is 11.6. The number of rotatable bonds is 5. The number of halogens is 1. The number of nitrogens with zero attached hydrogens (tertiary/aromatic N) is 1. The highest BCUT2D eigenvalue weighted by Gasteiger charge is 2.23. The molecule has 3 rings (SSSR count). The summed E-state index contributed by atoms with van der Waals surface area (Å²) in [5.74, 6) is 0.775. The van der Waals surface area contributed by atoms with Gasteiger partial charge in [-0.05, 0) is 43.2 Å². The van der Waals surface area contributed by atoms with E-state index >= 15 is 0 Å². The summed E-state index contributed by atoms with van der Waals surface area (Å²) < 4.78 is 18.7. The van der Waals surface area contributed by atoms with Crippen molar-refractivity contribution in [3.05, 3.63) is 53.7 Å². The molecule has 0 saturated carbocycles. The Morgan fingerprint density at radius 2 is 2.30 bits per heavy atom. The van der Waals surface area contributed by atoms with Gasteiger partial charge in [0.05, 0.1) is 12.8 Å². The van der Waals surface area contributed by atoms with Crippen LogP contribution in [0.15, 0.2) is 41.0 Å². The number of nitrogens with one attached hydrogen (secondary N) is 1. The van der Waals surface area contributed by atoms with Crippen LogP contribution in [0.1, 0.15) is 18.2 Å². The Balaban J connectivity index is 1.59. The normalized spacial score (nSPS) is 15.4. The van der Waals surface area contributed by atoms with Crippen LogP contribution in [0, 0.1) is 5.82 Å². The first kappa shape index (κ1) is 13.2. The quantitative estimate of drug-likeness (QED) is 0.908. The van der Waals surface area contributed by atoms with E-state index in [1.54, 1.807) is 18.4 Å². The van der Waals surface area contributed by atoms with Crippen LogP contribution in [-0.2, 0) is 13.0 Å². The molecule has 20 heavy (non-hydrogen) atoms. The third-order valence-corrected chi connectivity index (χ3v) is 3.83. The smallest absolute Gasteiger partial charge is 0.125 e. The summed E-state index contributed by atoms with van der Waals surface area (Å²) in [6.07, 6.45) is 2.68. The fraction of sp³-hybridized carbons (Fsp3) is 0.375. The number of hydrogen-bond acceptors (Lipinski definition) is 3. The first-order valence-corrected chi connectivity index (χ1v) is 7.02. The molecular weight excluding hydrogens is 255 g/mol. The number of fused-ring (bicyclic) bond motifs is 1. The monoisotopic (exact) mass is 274 g/mol. The van der Waals surface area contributed by atoms with E-state index in [4.69, 9.17) is 4.42 Å². The minimum absolute atomic E-state index is 0.161. The van der Waals surface area contributed by atoms with Gasteiger partial charge in [-0.15, -0.1) is 0 Å². The average Bonchev–Trinajstić information content (AvgIpc) is 3.07. The lowest BCUT2D eigenvalue weighted by molar-refractivity contribution is 0.471. The molecule has 4 heteroatoms. The van der Waals surface area contributed by atoms with E-state index < -0.39 is 0 Å². The number of furan rings is 1. The van der Waals surface area contributed by atoms with Gasteiger partial charge in [0.15, 0.2) is 0 Å². The van der Waals surface area contributed by atoms with Crippen LogP contribution in [0.25, 0.3) is 0 Å². The van der Waals surface area contributed by atoms with Crippen molar-refractivity contribution in [2.24, 2.45) is 0 Å². The van der Waals surface area contributed by atoms with Gasteiger partial charge in [0, 0.05) is 24.8 Å². The van der Waals surface area contributed by atoms with E-state index in [1.165, 1.54) is 5.56 Å². The van der Waals surface area contributed by atoms with Crippen LogP contribution >= 0.6 is 0 Å². The predicted molar refractivity (Wildman–Crippen MR) is 77.3 cm³/mol. The molecule has 1 aliphatic rings. The van der Waals surface area contributed by atoms with E-state index in [2.05, 4.69) is 17.1 Å². The van der Waals surface area contributed by atoms with Gasteiger partial charge in [0.1, 0.15) is 11.6 Å². The first-order chi connectivity index (χ1) is 9.74. The lowest BCUT2D eigenvalue weighted by Crippen LogP contribution is -2.39. The molecule has 1 aliphatic heterocycles. The molecule has 2 heterocycles. The van der Waals surface area contributed by atoms with Gasteiger partial charge < -0.3 is 14.6 Å². The Morgan fingerprint density at radius 3 is 3.10 bits per heavy atom. The average molecular weight is 274 g/mol. The molecule has 1 aromatic heterocycles. The minimum Gasteiger partial charge on any atom is -0.468 e. The molecule has 1 N–H and O–H groups in total. The fourth-order valence-corrected chi connectivity index (χ4v) is 2.76. The van der Waals surface area contributed by atoms with E-state index in [1.807, 2.05) is 18.2 Å². The van der Waals surface area contributed by atoms with Crippen molar-refractivity contribution >= 4 is 5.69 Å². The minimum atomic E-state index is -0.161. The summed E-state index contributed by atoms with van der Waals surface area (Å²) in [4.78, 5) is 2.27. The van der Waals surface area contributed by atoms with E-state index in [0.29, 0.717) is 6.04 Å². The standard InChI is InChI=1S/C16H19FN2O/c1-12(10-18-11-15-3-2-8-20-15)19-7-6-13-4-5-14(17)9-16(13)19/h2-5,8-9,12,18H,6-7,10-11H2,1H3. The third-order valence-electron chi connectivity index (χ3n) is 3.83. The Kier molecular flexibility index (Phi) is 3.74. The Morgan fingerprint density at radius 1 is 1.40 bits per heavy atom. The first-order valence-electron chi connectivity index (χ1n) is 7.02. The second-order valence-electron chi connectivity index (χ2n) is 5.28. The molecule has 0 amide bonds. The number of benzene rings is 1. The molecule has 0 radical (unpaired) electrons. The fourth-order valence-electron chi connectivity index (χ4n) is 2.76. The van der Waals surface area contributed by atoms with Crippen molar-refractivity contribution in [2.75, 3.05) is 18.0 Å². The predicted octanol–water partition coefficient (Wildman–Crippen LogP) is 2.96. The van der Waals surface area contributed by atoms with Crippen molar-refractivity contribution in [3.63, 3.8) is 0 Å². The molecule has 0 spiro atoms. The molecule has 0 bridgehead atoms. The Bertz CT molecular complexity index is 568. The van der Waals surface area contributed by atoms with Crippen LogP contribution in [0.4, 0.5) is 10.1 Å². The van der Waals surface area contributed by atoms with Gasteiger partial charge in [-0.25, -0.2) is 4.39 Å². The third kappa shape index (κ3) is 2.70. The Hall–Kier alpha value is -1.81.